The van der Waals surface area contributed by atoms with E-state index in [0.717, 1.165) is 0 Å². The minimum Gasteiger partial charge on any atom is -0.486 e. The minimum absolute atomic E-state index is 0.157. The van der Waals surface area contributed by atoms with Crippen molar-refractivity contribution in [3.05, 3.63) is 147 Å². The van der Waals surface area contributed by atoms with Gasteiger partial charge in [-0.25, -0.2) is 0 Å². The molecule has 0 aliphatic rings. The highest BCUT2D eigenvalue weighted by atomic mass is 16.5. The second kappa shape index (κ2) is 28.7. The second-order valence-electron chi connectivity index (χ2n) is 14.2. The first kappa shape index (κ1) is 50.6. The number of hydrogen-bond acceptors (Lipinski definition) is 10. The Balaban J connectivity index is 1.75. The molecule has 338 valence electrons. The van der Waals surface area contributed by atoms with Gasteiger partial charge in [-0.3, -0.25) is 14.4 Å². The summed E-state index contributed by atoms with van der Waals surface area (Å²) < 4.78 is 34.7. The largest absolute Gasteiger partial charge is 0.486 e. The fourth-order valence-corrected chi connectivity index (χ4v) is 6.64. The lowest BCUT2D eigenvalue weighted by molar-refractivity contribution is 0.0834. The van der Waals surface area contributed by atoms with Crippen molar-refractivity contribution in [2.24, 2.45) is 5.41 Å². The monoisotopic (exact) mass is 865 g/mol. The van der Waals surface area contributed by atoms with E-state index in [1.54, 1.807) is 91.1 Å². The molecule has 0 spiro atoms. The number of ether oxygens (including phenoxy) is 6. The topological polar surface area (TPSA) is 163 Å². The first-order valence-electron chi connectivity index (χ1n) is 21.0. The lowest BCUT2D eigenvalue weighted by Gasteiger charge is -2.32. The molecule has 0 aliphatic heterocycles. The SMILES string of the molecule is C=CCOc1cccc(C(=O)NCCCC(CO)(CCCNC(=O)c2cccc(OCC=C)c2OCC=C)CCCNC(=O)c2cccc(OCC=C)c2OCC=C)c1OCC=C. The van der Waals surface area contributed by atoms with E-state index >= 15 is 0 Å². The van der Waals surface area contributed by atoms with Gasteiger partial charge in [-0.2, -0.15) is 0 Å². The van der Waals surface area contributed by atoms with Crippen LogP contribution in [-0.2, 0) is 0 Å². The second-order valence-corrected chi connectivity index (χ2v) is 14.2. The first-order valence-corrected chi connectivity index (χ1v) is 21.0. The smallest absolute Gasteiger partial charge is 0.255 e. The van der Waals surface area contributed by atoms with E-state index < -0.39 is 5.41 Å². The van der Waals surface area contributed by atoms with Crippen LogP contribution in [0.1, 0.15) is 69.6 Å². The van der Waals surface area contributed by atoms with Crippen LogP contribution < -0.4 is 44.4 Å². The van der Waals surface area contributed by atoms with E-state index in [0.29, 0.717) is 109 Å². The molecule has 0 heterocycles. The number of hydrogen-bond donors (Lipinski definition) is 4. The fourth-order valence-electron chi connectivity index (χ4n) is 6.64. The van der Waals surface area contributed by atoms with Gasteiger partial charge in [0.05, 0.1) is 16.7 Å². The average Bonchev–Trinajstić information content (AvgIpc) is 3.31. The molecule has 0 atom stereocenters. The predicted molar refractivity (Wildman–Crippen MR) is 248 cm³/mol. The Kier molecular flexibility index (Phi) is 23.1. The van der Waals surface area contributed by atoms with Crippen LogP contribution in [-0.4, -0.2) is 88.7 Å². The van der Waals surface area contributed by atoms with Crippen LogP contribution in [0.4, 0.5) is 0 Å². The molecule has 0 bridgehead atoms. The number of aliphatic hydroxyl groups excluding tert-OH is 1. The number of para-hydroxylation sites is 3. The van der Waals surface area contributed by atoms with Gasteiger partial charge >= 0.3 is 0 Å². The van der Waals surface area contributed by atoms with E-state index in [4.69, 9.17) is 28.4 Å². The van der Waals surface area contributed by atoms with E-state index in [2.05, 4.69) is 55.4 Å². The molecule has 0 aliphatic carbocycles. The Morgan fingerprint density at radius 2 is 0.730 bits per heavy atom. The van der Waals surface area contributed by atoms with Crippen molar-refractivity contribution < 1.29 is 47.9 Å². The Morgan fingerprint density at radius 1 is 0.460 bits per heavy atom. The van der Waals surface area contributed by atoms with Gasteiger partial charge in [0.1, 0.15) is 39.6 Å². The van der Waals surface area contributed by atoms with Crippen molar-refractivity contribution in [1.82, 2.24) is 16.0 Å². The van der Waals surface area contributed by atoms with Gasteiger partial charge < -0.3 is 49.5 Å². The predicted octanol–water partition coefficient (Wildman–Crippen LogP) is 7.98. The van der Waals surface area contributed by atoms with Crippen LogP contribution in [0.2, 0.25) is 0 Å². The van der Waals surface area contributed by atoms with Crippen LogP contribution in [0.5, 0.6) is 34.5 Å². The summed E-state index contributed by atoms with van der Waals surface area (Å²) in [5.74, 6) is 1.10. The summed E-state index contributed by atoms with van der Waals surface area (Å²) in [6.45, 7) is 24.2. The molecule has 13 nitrogen and oxygen atoms in total. The molecule has 3 rings (SSSR count). The number of rotatable bonds is 34. The average molecular weight is 866 g/mol. The Bertz CT molecular complexity index is 1770. The maximum atomic E-state index is 13.5. The summed E-state index contributed by atoms with van der Waals surface area (Å²) in [5.41, 5.74) is 0.324. The Morgan fingerprint density at radius 3 is 0.984 bits per heavy atom. The van der Waals surface area contributed by atoms with Crippen LogP contribution in [0, 0.1) is 5.41 Å². The van der Waals surface area contributed by atoms with Crippen LogP contribution in [0.15, 0.2) is 131 Å². The fraction of sp³-hybridized carbons (Fsp3) is 0.340. The van der Waals surface area contributed by atoms with Gasteiger partial charge in [-0.1, -0.05) is 94.1 Å². The highest BCUT2D eigenvalue weighted by Gasteiger charge is 2.29. The molecule has 3 amide bonds. The molecule has 3 aromatic rings. The van der Waals surface area contributed by atoms with E-state index in [1.165, 1.54) is 0 Å². The van der Waals surface area contributed by atoms with Crippen molar-refractivity contribution in [3.8, 4) is 34.5 Å². The lowest BCUT2D eigenvalue weighted by Crippen LogP contribution is -2.33. The van der Waals surface area contributed by atoms with Crippen LogP contribution in [0.25, 0.3) is 0 Å². The van der Waals surface area contributed by atoms with Crippen molar-refractivity contribution >= 4 is 17.7 Å². The molecule has 0 saturated heterocycles. The summed E-state index contributed by atoms with van der Waals surface area (Å²) >= 11 is 0. The first-order chi connectivity index (χ1) is 30.7. The van der Waals surface area contributed by atoms with E-state index in [-0.39, 0.29) is 64.0 Å². The Hall–Kier alpha value is -6.73. The van der Waals surface area contributed by atoms with Crippen LogP contribution >= 0.6 is 0 Å². The standard InChI is InChI=1S/C50H63N3O10/c1-7-31-58-41-22-13-19-38(44(41)61-34-10-4)47(55)51-28-16-25-50(37-54,26-17-29-52-48(56)39-20-14-23-42(59-32-8-2)45(39)62-35-11-5)27-18-30-53-49(57)40-21-15-24-43(60-33-9-3)46(40)63-36-12-6/h7-15,19-24,54H,1-6,16-18,25-37H2,(H,51,55)(H,52,56)(H,53,57). The molecular formula is C50H63N3O10. The minimum atomic E-state index is -0.607. The van der Waals surface area contributed by atoms with Crippen LogP contribution in [0.3, 0.4) is 0 Å². The zero-order valence-electron chi connectivity index (χ0n) is 36.3. The van der Waals surface area contributed by atoms with Crippen molar-refractivity contribution in [1.29, 1.82) is 0 Å². The van der Waals surface area contributed by atoms with Gasteiger partial charge in [0, 0.05) is 26.2 Å². The highest BCUT2D eigenvalue weighted by molar-refractivity contribution is 5.99. The quantitative estimate of drug-likeness (QED) is 0.0342. The third-order valence-corrected chi connectivity index (χ3v) is 9.62. The van der Waals surface area contributed by atoms with Gasteiger partial charge in [-0.05, 0) is 80.3 Å². The summed E-state index contributed by atoms with van der Waals surface area (Å²) in [4.78, 5) is 40.4. The highest BCUT2D eigenvalue weighted by Crippen LogP contribution is 2.36. The zero-order chi connectivity index (χ0) is 45.7. The van der Waals surface area contributed by atoms with Crippen molar-refractivity contribution in [2.45, 2.75) is 38.5 Å². The third-order valence-electron chi connectivity index (χ3n) is 9.62. The normalized spacial score (nSPS) is 10.6. The number of aliphatic hydroxyl groups is 1. The summed E-state index contributed by atoms with van der Waals surface area (Å²) in [6, 6.07) is 15.3. The summed E-state index contributed by atoms with van der Waals surface area (Å²) in [6.07, 6.45) is 12.8. The van der Waals surface area contributed by atoms with Crippen molar-refractivity contribution in [3.63, 3.8) is 0 Å². The number of nitrogens with one attached hydrogen (secondary N) is 3. The number of carbonyl (C=O) groups excluding carboxylic acids is 3. The maximum Gasteiger partial charge on any atom is 0.255 e. The third kappa shape index (κ3) is 16.2. The Labute approximate surface area is 372 Å². The van der Waals surface area contributed by atoms with Gasteiger partial charge in [0.25, 0.3) is 17.7 Å². The molecular weight excluding hydrogens is 803 g/mol. The molecule has 0 fully saturated rings. The molecule has 63 heavy (non-hydrogen) atoms. The lowest BCUT2D eigenvalue weighted by atomic mass is 9.76. The molecule has 4 N–H and O–H groups in total. The van der Waals surface area contributed by atoms with E-state index in [1.807, 2.05) is 0 Å². The van der Waals surface area contributed by atoms with Gasteiger partial charge in [0.15, 0.2) is 34.5 Å². The molecule has 0 saturated carbocycles. The molecule has 3 aromatic carbocycles. The molecule has 13 heteroatoms. The van der Waals surface area contributed by atoms with Gasteiger partial charge in [0.2, 0.25) is 0 Å². The number of amides is 3. The van der Waals surface area contributed by atoms with Gasteiger partial charge in [-0.15, -0.1) is 0 Å². The zero-order valence-corrected chi connectivity index (χ0v) is 36.3. The molecule has 0 radical (unpaired) electrons. The number of carbonyl (C=O) groups is 3. The maximum absolute atomic E-state index is 13.5. The van der Waals surface area contributed by atoms with E-state index in [9.17, 15) is 19.5 Å². The molecule has 0 unspecified atom stereocenters. The summed E-state index contributed by atoms with van der Waals surface area (Å²) in [5, 5.41) is 20.0. The number of benzene rings is 3. The van der Waals surface area contributed by atoms with Crippen molar-refractivity contribution in [2.75, 3.05) is 65.9 Å². The summed E-state index contributed by atoms with van der Waals surface area (Å²) in [7, 11) is 0. The molecule has 0 aromatic heterocycles.